The minimum absolute atomic E-state index is 0.0512. The molecule has 1 rings (SSSR count). The quantitative estimate of drug-likeness (QED) is 0.848. The van der Waals surface area contributed by atoms with Crippen LogP contribution in [0.3, 0.4) is 0 Å². The molecule has 0 saturated carbocycles. The van der Waals surface area contributed by atoms with Crippen molar-refractivity contribution in [3.8, 4) is 0 Å². The predicted octanol–water partition coefficient (Wildman–Crippen LogP) is 2.61. The lowest BCUT2D eigenvalue weighted by molar-refractivity contribution is -0.137. The number of hydrogen-bond donors (Lipinski definition) is 1. The zero-order chi connectivity index (χ0) is 12.9. The highest BCUT2D eigenvalue weighted by Gasteiger charge is 2.31. The van der Waals surface area contributed by atoms with E-state index >= 15 is 0 Å². The van der Waals surface area contributed by atoms with Crippen molar-refractivity contribution in [1.82, 2.24) is 4.90 Å². The van der Waals surface area contributed by atoms with E-state index in [1.165, 1.54) is 4.88 Å². The van der Waals surface area contributed by atoms with Gasteiger partial charge in [0.15, 0.2) is 0 Å². The Hall–Kier alpha value is -0.870. The molecule has 0 aliphatic carbocycles. The van der Waals surface area contributed by atoms with E-state index in [2.05, 4.69) is 0 Å². The maximum absolute atomic E-state index is 12.3. The fourth-order valence-electron chi connectivity index (χ4n) is 1.91. The number of rotatable bonds is 6. The highest BCUT2D eigenvalue weighted by atomic mass is 32.1. The first-order chi connectivity index (χ1) is 8.01. The summed E-state index contributed by atoms with van der Waals surface area (Å²) >= 11 is 1.67. The molecule has 0 aliphatic heterocycles. The van der Waals surface area contributed by atoms with E-state index in [4.69, 9.17) is 5.73 Å². The molecule has 2 N–H and O–H groups in total. The average molecular weight is 254 g/mol. The molecule has 4 heteroatoms. The maximum atomic E-state index is 12.3. The van der Waals surface area contributed by atoms with Gasteiger partial charge in [0.25, 0.3) is 0 Å². The van der Waals surface area contributed by atoms with Crippen molar-refractivity contribution in [1.29, 1.82) is 0 Å². The number of carbonyl (C=O) groups is 1. The van der Waals surface area contributed by atoms with Gasteiger partial charge in [-0.15, -0.1) is 11.3 Å². The molecule has 1 aromatic heterocycles. The van der Waals surface area contributed by atoms with Crippen molar-refractivity contribution < 1.29 is 4.79 Å². The summed E-state index contributed by atoms with van der Waals surface area (Å²) in [5.41, 5.74) is 5.35. The normalized spacial score (nSPS) is 14.4. The molecule has 0 spiro atoms. The molecule has 1 aromatic rings. The van der Waals surface area contributed by atoms with Crippen LogP contribution in [0.15, 0.2) is 17.5 Å². The van der Waals surface area contributed by atoms with Gasteiger partial charge in [-0.3, -0.25) is 4.79 Å². The highest BCUT2D eigenvalue weighted by Crippen LogP contribution is 2.17. The summed E-state index contributed by atoms with van der Waals surface area (Å²) < 4.78 is 0. The summed E-state index contributed by atoms with van der Waals surface area (Å²) in [5.74, 6) is 0.0512. The molecule has 17 heavy (non-hydrogen) atoms. The van der Waals surface area contributed by atoms with Crippen molar-refractivity contribution in [3.63, 3.8) is 0 Å². The van der Waals surface area contributed by atoms with Gasteiger partial charge in [-0.25, -0.2) is 0 Å². The van der Waals surface area contributed by atoms with Crippen LogP contribution in [0, 0.1) is 0 Å². The Labute approximate surface area is 108 Å². The Morgan fingerprint density at radius 2 is 2.24 bits per heavy atom. The molecule has 1 unspecified atom stereocenters. The lowest BCUT2D eigenvalue weighted by Gasteiger charge is -2.30. The Morgan fingerprint density at radius 1 is 1.53 bits per heavy atom. The molecular weight excluding hydrogens is 232 g/mol. The smallest absolute Gasteiger partial charge is 0.242 e. The molecule has 0 radical (unpaired) electrons. The van der Waals surface area contributed by atoms with Crippen LogP contribution < -0.4 is 5.73 Å². The van der Waals surface area contributed by atoms with Crippen molar-refractivity contribution in [2.24, 2.45) is 5.73 Å². The van der Waals surface area contributed by atoms with Crippen molar-refractivity contribution in [2.75, 3.05) is 6.54 Å². The molecule has 0 bridgehead atoms. The first kappa shape index (κ1) is 14.2. The predicted molar refractivity (Wildman–Crippen MR) is 72.9 cm³/mol. The monoisotopic (exact) mass is 254 g/mol. The van der Waals surface area contributed by atoms with Crippen LogP contribution in [-0.4, -0.2) is 22.9 Å². The first-order valence-corrected chi connectivity index (χ1v) is 7.00. The number of nitrogens with two attached hydrogens (primary N) is 1. The third-order valence-corrected chi connectivity index (χ3v) is 3.71. The fourth-order valence-corrected chi connectivity index (χ4v) is 2.62. The van der Waals surface area contributed by atoms with E-state index in [0.29, 0.717) is 13.1 Å². The minimum Gasteiger partial charge on any atom is -0.336 e. The first-order valence-electron chi connectivity index (χ1n) is 6.12. The Bertz CT molecular complexity index is 346. The standard InChI is InChI=1S/C13H22N2OS/c1-4-8-13(3,14)12(16)15(5-2)10-11-7-6-9-17-11/h6-7,9H,4-5,8,10,14H2,1-3H3. The highest BCUT2D eigenvalue weighted by molar-refractivity contribution is 7.09. The van der Waals surface area contributed by atoms with Gasteiger partial charge in [0.2, 0.25) is 5.91 Å². The SMILES string of the molecule is CCCC(C)(N)C(=O)N(CC)Cc1cccs1. The van der Waals surface area contributed by atoms with E-state index in [-0.39, 0.29) is 5.91 Å². The molecule has 3 nitrogen and oxygen atoms in total. The van der Waals surface area contributed by atoms with Gasteiger partial charge in [-0.05, 0) is 31.7 Å². The van der Waals surface area contributed by atoms with Gasteiger partial charge in [-0.2, -0.15) is 0 Å². The Morgan fingerprint density at radius 3 is 2.71 bits per heavy atom. The largest absolute Gasteiger partial charge is 0.336 e. The molecular formula is C13H22N2OS. The van der Waals surface area contributed by atoms with E-state index in [1.807, 2.05) is 43.2 Å². The zero-order valence-corrected chi connectivity index (χ0v) is 11.7. The van der Waals surface area contributed by atoms with Crippen LogP contribution >= 0.6 is 11.3 Å². The van der Waals surface area contributed by atoms with Crippen LogP contribution in [0.4, 0.5) is 0 Å². The second kappa shape index (κ2) is 6.17. The molecule has 0 aromatic carbocycles. The van der Waals surface area contributed by atoms with Gasteiger partial charge in [0, 0.05) is 11.4 Å². The molecule has 96 valence electrons. The van der Waals surface area contributed by atoms with E-state index in [1.54, 1.807) is 11.3 Å². The molecule has 1 amide bonds. The molecule has 1 atom stereocenters. The molecule has 0 fully saturated rings. The number of likely N-dealkylation sites (N-methyl/N-ethyl adjacent to an activating group) is 1. The molecule has 0 saturated heterocycles. The molecule has 1 heterocycles. The zero-order valence-electron chi connectivity index (χ0n) is 10.9. The summed E-state index contributed by atoms with van der Waals surface area (Å²) in [6, 6.07) is 4.06. The molecule has 0 aliphatic rings. The van der Waals surface area contributed by atoms with Crippen LogP contribution in [0.1, 0.15) is 38.5 Å². The summed E-state index contributed by atoms with van der Waals surface area (Å²) in [6.45, 7) is 7.24. The van der Waals surface area contributed by atoms with E-state index < -0.39 is 5.54 Å². The van der Waals surface area contributed by atoms with Gasteiger partial charge in [-0.1, -0.05) is 19.4 Å². The van der Waals surface area contributed by atoms with Crippen molar-refractivity contribution in [2.45, 2.75) is 45.7 Å². The van der Waals surface area contributed by atoms with Gasteiger partial charge < -0.3 is 10.6 Å². The topological polar surface area (TPSA) is 46.3 Å². The number of carbonyl (C=O) groups excluding carboxylic acids is 1. The second-order valence-electron chi connectivity index (χ2n) is 4.57. The van der Waals surface area contributed by atoms with Gasteiger partial charge >= 0.3 is 0 Å². The summed E-state index contributed by atoms with van der Waals surface area (Å²) in [5, 5.41) is 2.03. The number of hydrogen-bond acceptors (Lipinski definition) is 3. The van der Waals surface area contributed by atoms with Gasteiger partial charge in [0.1, 0.15) is 0 Å². The maximum Gasteiger partial charge on any atom is 0.242 e. The van der Waals surface area contributed by atoms with Crippen molar-refractivity contribution in [3.05, 3.63) is 22.4 Å². The van der Waals surface area contributed by atoms with E-state index in [9.17, 15) is 4.79 Å². The number of amides is 1. The summed E-state index contributed by atoms with van der Waals surface area (Å²) in [4.78, 5) is 15.4. The fraction of sp³-hybridized carbons (Fsp3) is 0.615. The van der Waals surface area contributed by atoms with Crippen LogP contribution in [0.5, 0.6) is 0 Å². The Balaban J connectivity index is 2.70. The van der Waals surface area contributed by atoms with Crippen molar-refractivity contribution >= 4 is 17.2 Å². The average Bonchev–Trinajstić information content (AvgIpc) is 2.77. The van der Waals surface area contributed by atoms with Crippen LogP contribution in [0.25, 0.3) is 0 Å². The van der Waals surface area contributed by atoms with Crippen LogP contribution in [-0.2, 0) is 11.3 Å². The Kier molecular flexibility index (Phi) is 5.15. The number of nitrogens with zero attached hydrogens (tertiary/aromatic N) is 1. The third kappa shape index (κ3) is 3.82. The summed E-state index contributed by atoms with van der Waals surface area (Å²) in [6.07, 6.45) is 1.65. The van der Waals surface area contributed by atoms with Crippen LogP contribution in [0.2, 0.25) is 0 Å². The second-order valence-corrected chi connectivity index (χ2v) is 5.60. The van der Waals surface area contributed by atoms with E-state index in [0.717, 1.165) is 12.8 Å². The number of thiophene rings is 1. The third-order valence-electron chi connectivity index (χ3n) is 2.85. The lowest BCUT2D eigenvalue weighted by Crippen LogP contribution is -2.52. The minimum atomic E-state index is -0.734. The summed E-state index contributed by atoms with van der Waals surface area (Å²) in [7, 11) is 0. The lowest BCUT2D eigenvalue weighted by atomic mass is 9.95. The van der Waals surface area contributed by atoms with Gasteiger partial charge in [0.05, 0.1) is 12.1 Å².